The second-order valence-electron chi connectivity index (χ2n) is 6.66. The monoisotopic (exact) mass is 311 g/mol. The topological polar surface area (TPSA) is 59.2 Å². The van der Waals surface area contributed by atoms with E-state index < -0.39 is 0 Å². The number of nitrogens with zero attached hydrogens (tertiary/aromatic N) is 3. The number of carbonyl (C=O) groups is 1. The summed E-state index contributed by atoms with van der Waals surface area (Å²) in [6.07, 6.45) is 2.99. The average Bonchev–Trinajstić information content (AvgIpc) is 3.29. The molecular weight excluding hydrogens is 290 g/mol. The number of piperidine rings is 1. The molecule has 1 saturated heterocycles. The first-order valence-corrected chi connectivity index (χ1v) is 8.36. The Morgan fingerprint density at radius 2 is 2.13 bits per heavy atom. The minimum absolute atomic E-state index is 0.153. The third-order valence-electron chi connectivity index (χ3n) is 4.96. The van der Waals surface area contributed by atoms with Gasteiger partial charge in [-0.3, -0.25) is 4.79 Å². The smallest absolute Gasteiger partial charge is 0.231 e. The summed E-state index contributed by atoms with van der Waals surface area (Å²) in [5.74, 6) is 2.36. The van der Waals surface area contributed by atoms with Crippen molar-refractivity contribution in [1.29, 1.82) is 0 Å². The van der Waals surface area contributed by atoms with Gasteiger partial charge in [0.05, 0.1) is 5.92 Å². The van der Waals surface area contributed by atoms with Crippen LogP contribution in [0.25, 0.3) is 0 Å². The molecule has 0 bridgehead atoms. The maximum absolute atomic E-state index is 12.8. The van der Waals surface area contributed by atoms with Gasteiger partial charge in [0.1, 0.15) is 0 Å². The summed E-state index contributed by atoms with van der Waals surface area (Å²) in [6, 6.07) is 10.4. The summed E-state index contributed by atoms with van der Waals surface area (Å²) in [5, 5.41) is 3.87. The van der Waals surface area contributed by atoms with Crippen LogP contribution >= 0.6 is 0 Å². The summed E-state index contributed by atoms with van der Waals surface area (Å²) >= 11 is 0. The zero-order chi connectivity index (χ0) is 15.8. The van der Waals surface area contributed by atoms with E-state index in [-0.39, 0.29) is 11.8 Å². The molecule has 0 N–H and O–H groups in total. The predicted molar refractivity (Wildman–Crippen MR) is 84.9 cm³/mol. The molecule has 2 heterocycles. The van der Waals surface area contributed by atoms with Gasteiger partial charge in [0, 0.05) is 19.0 Å². The van der Waals surface area contributed by atoms with Gasteiger partial charge in [-0.05, 0) is 37.7 Å². The minimum atomic E-state index is 0.153. The molecule has 120 valence electrons. The second kappa shape index (κ2) is 5.80. The van der Waals surface area contributed by atoms with E-state index in [9.17, 15) is 4.79 Å². The van der Waals surface area contributed by atoms with Crippen LogP contribution in [0.15, 0.2) is 34.9 Å². The van der Waals surface area contributed by atoms with E-state index in [4.69, 9.17) is 4.52 Å². The van der Waals surface area contributed by atoms with E-state index in [0.29, 0.717) is 30.1 Å². The van der Waals surface area contributed by atoms with Gasteiger partial charge in [0.25, 0.3) is 0 Å². The molecule has 0 radical (unpaired) electrons. The first-order valence-electron chi connectivity index (χ1n) is 8.36. The highest BCUT2D eigenvalue weighted by molar-refractivity contribution is 5.83. The summed E-state index contributed by atoms with van der Waals surface area (Å²) in [7, 11) is 0. The molecule has 2 fully saturated rings. The van der Waals surface area contributed by atoms with Gasteiger partial charge in [-0.25, -0.2) is 0 Å². The molecule has 1 aliphatic heterocycles. The Kier molecular flexibility index (Phi) is 3.63. The fourth-order valence-electron chi connectivity index (χ4n) is 3.63. The summed E-state index contributed by atoms with van der Waals surface area (Å²) in [6.45, 7) is 3.38. The fraction of sp³-hybridized carbons (Fsp3) is 0.500. The quantitative estimate of drug-likeness (QED) is 0.874. The van der Waals surface area contributed by atoms with Gasteiger partial charge >= 0.3 is 0 Å². The van der Waals surface area contributed by atoms with Crippen molar-refractivity contribution in [2.45, 2.75) is 38.0 Å². The Balaban J connectivity index is 1.41. The standard InChI is InChI=1S/C18H21N3O2/c1-12-19-17(23-20-12)14-8-5-9-21(11-14)18(22)16-10-15(16)13-6-3-2-4-7-13/h2-4,6-7,14-16H,5,8-11H2,1H3/t14-,15-,16+/m1/s1. The van der Waals surface area contributed by atoms with Crippen LogP contribution in [0.1, 0.15) is 48.4 Å². The number of aryl methyl sites for hydroxylation is 1. The molecule has 2 aromatic rings. The number of hydrogen-bond donors (Lipinski definition) is 0. The third kappa shape index (κ3) is 2.87. The number of carbonyl (C=O) groups excluding carboxylic acids is 1. The summed E-state index contributed by atoms with van der Waals surface area (Å²) in [4.78, 5) is 19.1. The molecule has 0 unspecified atom stereocenters. The number of hydrogen-bond acceptors (Lipinski definition) is 4. The molecule has 5 nitrogen and oxygen atoms in total. The van der Waals surface area contributed by atoms with E-state index in [1.165, 1.54) is 5.56 Å². The van der Waals surface area contributed by atoms with E-state index in [0.717, 1.165) is 25.8 Å². The number of amides is 1. The number of likely N-dealkylation sites (tertiary alicyclic amines) is 1. The Morgan fingerprint density at radius 3 is 2.87 bits per heavy atom. The van der Waals surface area contributed by atoms with E-state index in [1.54, 1.807) is 0 Å². The van der Waals surface area contributed by atoms with Crippen molar-refractivity contribution in [3.05, 3.63) is 47.6 Å². The van der Waals surface area contributed by atoms with Gasteiger partial charge in [-0.2, -0.15) is 4.98 Å². The van der Waals surface area contributed by atoms with Crippen molar-refractivity contribution >= 4 is 5.91 Å². The minimum Gasteiger partial charge on any atom is -0.342 e. The molecule has 1 saturated carbocycles. The Bertz CT molecular complexity index is 697. The molecule has 1 amide bonds. The molecule has 3 atom stereocenters. The van der Waals surface area contributed by atoms with Gasteiger partial charge in [-0.1, -0.05) is 35.5 Å². The van der Waals surface area contributed by atoms with Crippen molar-refractivity contribution in [2.24, 2.45) is 5.92 Å². The largest absolute Gasteiger partial charge is 0.342 e. The first kappa shape index (κ1) is 14.4. The van der Waals surface area contributed by atoms with E-state index in [1.807, 2.05) is 30.0 Å². The molecule has 23 heavy (non-hydrogen) atoms. The molecule has 1 aliphatic carbocycles. The molecule has 1 aromatic carbocycles. The maximum atomic E-state index is 12.8. The lowest BCUT2D eigenvalue weighted by molar-refractivity contribution is -0.134. The third-order valence-corrected chi connectivity index (χ3v) is 4.96. The average molecular weight is 311 g/mol. The van der Waals surface area contributed by atoms with Crippen molar-refractivity contribution in [1.82, 2.24) is 15.0 Å². The van der Waals surface area contributed by atoms with Crippen LogP contribution in [0, 0.1) is 12.8 Å². The van der Waals surface area contributed by atoms with Gasteiger partial charge in [0.2, 0.25) is 11.8 Å². The molecule has 2 aliphatic rings. The highest BCUT2D eigenvalue weighted by Crippen LogP contribution is 2.48. The Hall–Kier alpha value is -2.17. The maximum Gasteiger partial charge on any atom is 0.231 e. The zero-order valence-electron chi connectivity index (χ0n) is 13.3. The van der Waals surface area contributed by atoms with Gasteiger partial charge < -0.3 is 9.42 Å². The normalized spacial score (nSPS) is 27.0. The lowest BCUT2D eigenvalue weighted by Gasteiger charge is -2.31. The summed E-state index contributed by atoms with van der Waals surface area (Å²) < 4.78 is 5.30. The molecule has 4 rings (SSSR count). The fourth-order valence-corrected chi connectivity index (χ4v) is 3.63. The van der Waals surface area contributed by atoms with Gasteiger partial charge in [-0.15, -0.1) is 0 Å². The van der Waals surface area contributed by atoms with Crippen molar-refractivity contribution < 1.29 is 9.32 Å². The number of aromatic nitrogens is 2. The van der Waals surface area contributed by atoms with Crippen LogP contribution in [-0.4, -0.2) is 34.0 Å². The van der Waals surface area contributed by atoms with Crippen molar-refractivity contribution in [3.63, 3.8) is 0 Å². The SMILES string of the molecule is Cc1noc([C@@H]2CCCN(C(=O)[C@H]3C[C@@H]3c3ccccc3)C2)n1. The summed E-state index contributed by atoms with van der Waals surface area (Å²) in [5.41, 5.74) is 1.28. The molecule has 0 spiro atoms. The van der Waals surface area contributed by atoms with E-state index >= 15 is 0 Å². The Labute approximate surface area is 135 Å². The van der Waals surface area contributed by atoms with Crippen LogP contribution in [0.5, 0.6) is 0 Å². The predicted octanol–water partition coefficient (Wildman–Crippen LogP) is 2.89. The van der Waals surface area contributed by atoms with Crippen LogP contribution < -0.4 is 0 Å². The van der Waals surface area contributed by atoms with Crippen LogP contribution in [0.4, 0.5) is 0 Å². The van der Waals surface area contributed by atoms with Crippen molar-refractivity contribution in [3.8, 4) is 0 Å². The lowest BCUT2D eigenvalue weighted by Crippen LogP contribution is -2.40. The first-order chi connectivity index (χ1) is 11.2. The number of rotatable bonds is 3. The molecule has 5 heteroatoms. The lowest BCUT2D eigenvalue weighted by atomic mass is 9.97. The van der Waals surface area contributed by atoms with Crippen molar-refractivity contribution in [2.75, 3.05) is 13.1 Å². The van der Waals surface area contributed by atoms with Crippen LogP contribution in [0.2, 0.25) is 0 Å². The van der Waals surface area contributed by atoms with Crippen LogP contribution in [0.3, 0.4) is 0 Å². The van der Waals surface area contributed by atoms with Gasteiger partial charge in [0.15, 0.2) is 5.82 Å². The van der Waals surface area contributed by atoms with E-state index in [2.05, 4.69) is 22.3 Å². The molecular formula is C18H21N3O2. The highest BCUT2D eigenvalue weighted by Gasteiger charge is 2.46. The second-order valence-corrected chi connectivity index (χ2v) is 6.66. The molecule has 1 aromatic heterocycles. The Morgan fingerprint density at radius 1 is 1.30 bits per heavy atom. The highest BCUT2D eigenvalue weighted by atomic mass is 16.5. The van der Waals surface area contributed by atoms with Crippen LogP contribution in [-0.2, 0) is 4.79 Å². The number of benzene rings is 1. The zero-order valence-corrected chi connectivity index (χ0v) is 13.3.